The van der Waals surface area contributed by atoms with E-state index in [1.165, 1.54) is 0 Å². The fourth-order valence-electron chi connectivity index (χ4n) is 1.82. The largest absolute Gasteiger partial charge is 0.394 e. The quantitative estimate of drug-likeness (QED) is 0.623. The van der Waals surface area contributed by atoms with E-state index in [0.29, 0.717) is 12.6 Å². The first-order valence-electron chi connectivity index (χ1n) is 4.76. The Morgan fingerprint density at radius 1 is 1.62 bits per heavy atom. The number of likely N-dealkylation sites (N-methyl/N-ethyl adjacent to an activating group) is 1. The maximum Gasteiger partial charge on any atom is 0.0897 e. The minimum atomic E-state index is -0.641. The summed E-state index contributed by atoms with van der Waals surface area (Å²) in [5.74, 6) is 0. The molecule has 0 spiro atoms. The first-order chi connectivity index (χ1) is 6.15. The molecule has 0 aliphatic carbocycles. The Kier molecular flexibility index (Phi) is 4.12. The highest BCUT2D eigenvalue weighted by molar-refractivity contribution is 4.81. The molecule has 1 saturated heterocycles. The summed E-state index contributed by atoms with van der Waals surface area (Å²) in [4.78, 5) is 2.05. The van der Waals surface area contributed by atoms with E-state index < -0.39 is 6.10 Å². The van der Waals surface area contributed by atoms with Crippen molar-refractivity contribution in [1.82, 2.24) is 4.90 Å². The van der Waals surface area contributed by atoms with Gasteiger partial charge >= 0.3 is 0 Å². The normalized spacial score (nSPS) is 31.2. The number of hydrogen-bond donors (Lipinski definition) is 2. The lowest BCUT2D eigenvalue weighted by Gasteiger charge is -2.27. The van der Waals surface area contributed by atoms with Crippen molar-refractivity contribution >= 4 is 0 Å². The zero-order chi connectivity index (χ0) is 9.84. The second-order valence-corrected chi connectivity index (χ2v) is 3.71. The summed E-state index contributed by atoms with van der Waals surface area (Å²) >= 11 is 0. The predicted octanol–water partition coefficient (Wildman–Crippen LogP) is -0.551. The first-order valence-corrected chi connectivity index (χ1v) is 4.76. The second-order valence-electron chi connectivity index (χ2n) is 3.71. The van der Waals surface area contributed by atoms with Gasteiger partial charge in [-0.25, -0.2) is 0 Å². The van der Waals surface area contributed by atoms with E-state index in [0.717, 1.165) is 13.0 Å². The van der Waals surface area contributed by atoms with Crippen LogP contribution in [0.25, 0.3) is 0 Å². The van der Waals surface area contributed by atoms with E-state index in [1.807, 2.05) is 14.0 Å². The standard InChI is InChI=1S/C9H19NO3/c1-7-9(3-4-13-7)10(2)5-8(12)6-11/h7-9,11-12H,3-6H2,1-2H3. The predicted molar refractivity (Wildman–Crippen MR) is 49.5 cm³/mol. The lowest BCUT2D eigenvalue weighted by molar-refractivity contribution is 0.0349. The van der Waals surface area contributed by atoms with Crippen LogP contribution in [0.4, 0.5) is 0 Å². The SMILES string of the molecule is CC1OCCC1N(C)CC(O)CO. The Bertz CT molecular complexity index is 154. The highest BCUT2D eigenvalue weighted by Crippen LogP contribution is 2.17. The summed E-state index contributed by atoms with van der Waals surface area (Å²) in [5, 5.41) is 17.9. The minimum absolute atomic E-state index is 0.174. The van der Waals surface area contributed by atoms with Crippen molar-refractivity contribution in [3.63, 3.8) is 0 Å². The fraction of sp³-hybridized carbons (Fsp3) is 1.00. The average Bonchev–Trinajstić information content (AvgIpc) is 2.51. The van der Waals surface area contributed by atoms with Gasteiger partial charge in [-0.2, -0.15) is 0 Å². The zero-order valence-electron chi connectivity index (χ0n) is 8.31. The van der Waals surface area contributed by atoms with Crippen molar-refractivity contribution in [2.24, 2.45) is 0 Å². The van der Waals surface area contributed by atoms with Gasteiger partial charge in [-0.05, 0) is 20.4 Å². The molecule has 0 bridgehead atoms. The number of rotatable bonds is 4. The van der Waals surface area contributed by atoms with Crippen LogP contribution in [0, 0.1) is 0 Å². The molecule has 1 aliphatic rings. The highest BCUT2D eigenvalue weighted by atomic mass is 16.5. The van der Waals surface area contributed by atoms with Crippen LogP contribution in [-0.2, 0) is 4.74 Å². The van der Waals surface area contributed by atoms with Gasteiger partial charge in [0.05, 0.1) is 18.8 Å². The maximum atomic E-state index is 9.24. The molecule has 3 unspecified atom stereocenters. The third kappa shape index (κ3) is 2.91. The number of aliphatic hydroxyl groups is 2. The zero-order valence-corrected chi connectivity index (χ0v) is 8.31. The molecule has 1 fully saturated rings. The molecule has 1 aliphatic heterocycles. The summed E-state index contributed by atoms with van der Waals surface area (Å²) in [7, 11) is 1.95. The molecule has 3 atom stereocenters. The molecule has 0 aromatic rings. The Morgan fingerprint density at radius 3 is 2.77 bits per heavy atom. The van der Waals surface area contributed by atoms with Crippen LogP contribution in [0.15, 0.2) is 0 Å². The topological polar surface area (TPSA) is 52.9 Å². The van der Waals surface area contributed by atoms with E-state index >= 15 is 0 Å². The van der Waals surface area contributed by atoms with Gasteiger partial charge in [-0.3, -0.25) is 4.90 Å². The van der Waals surface area contributed by atoms with E-state index in [-0.39, 0.29) is 12.7 Å². The van der Waals surface area contributed by atoms with E-state index in [4.69, 9.17) is 9.84 Å². The van der Waals surface area contributed by atoms with Gasteiger partial charge in [-0.1, -0.05) is 0 Å². The highest BCUT2D eigenvalue weighted by Gasteiger charge is 2.28. The first kappa shape index (κ1) is 10.9. The lowest BCUT2D eigenvalue weighted by Crippen LogP contribution is -2.42. The molecule has 0 aromatic carbocycles. The van der Waals surface area contributed by atoms with Crippen molar-refractivity contribution in [2.45, 2.75) is 31.6 Å². The third-order valence-corrected chi connectivity index (χ3v) is 2.61. The number of ether oxygens (including phenoxy) is 1. The molecule has 1 heterocycles. The van der Waals surface area contributed by atoms with Crippen molar-refractivity contribution < 1.29 is 14.9 Å². The molecule has 4 nitrogen and oxygen atoms in total. The van der Waals surface area contributed by atoms with E-state index in [2.05, 4.69) is 4.90 Å². The van der Waals surface area contributed by atoms with Gasteiger partial charge in [0, 0.05) is 19.2 Å². The molecule has 2 N–H and O–H groups in total. The summed E-state index contributed by atoms with van der Waals surface area (Å²) < 4.78 is 5.42. The summed E-state index contributed by atoms with van der Waals surface area (Å²) in [5.41, 5.74) is 0. The Labute approximate surface area is 79.1 Å². The molecular formula is C9H19NO3. The van der Waals surface area contributed by atoms with Crippen LogP contribution >= 0.6 is 0 Å². The van der Waals surface area contributed by atoms with Gasteiger partial charge in [0.15, 0.2) is 0 Å². The molecule has 0 amide bonds. The van der Waals surface area contributed by atoms with Gasteiger partial charge in [0.25, 0.3) is 0 Å². The van der Waals surface area contributed by atoms with Crippen LogP contribution < -0.4 is 0 Å². The third-order valence-electron chi connectivity index (χ3n) is 2.61. The summed E-state index contributed by atoms with van der Waals surface area (Å²) in [6.45, 7) is 3.17. The van der Waals surface area contributed by atoms with Crippen LogP contribution in [0.2, 0.25) is 0 Å². The Hall–Kier alpha value is -0.160. The van der Waals surface area contributed by atoms with Crippen molar-refractivity contribution in [3.05, 3.63) is 0 Å². The maximum absolute atomic E-state index is 9.24. The fourth-order valence-corrected chi connectivity index (χ4v) is 1.82. The average molecular weight is 189 g/mol. The molecule has 0 saturated carbocycles. The monoisotopic (exact) mass is 189 g/mol. The minimum Gasteiger partial charge on any atom is -0.394 e. The molecular weight excluding hydrogens is 170 g/mol. The van der Waals surface area contributed by atoms with Gasteiger partial charge in [0.2, 0.25) is 0 Å². The smallest absolute Gasteiger partial charge is 0.0897 e. The van der Waals surface area contributed by atoms with Gasteiger partial charge < -0.3 is 14.9 Å². The molecule has 4 heteroatoms. The van der Waals surface area contributed by atoms with Crippen LogP contribution in [0.3, 0.4) is 0 Å². The Morgan fingerprint density at radius 2 is 2.31 bits per heavy atom. The van der Waals surface area contributed by atoms with Gasteiger partial charge in [0.1, 0.15) is 0 Å². The van der Waals surface area contributed by atoms with Crippen LogP contribution in [-0.4, -0.2) is 60.2 Å². The van der Waals surface area contributed by atoms with E-state index in [1.54, 1.807) is 0 Å². The molecule has 13 heavy (non-hydrogen) atoms. The lowest BCUT2D eigenvalue weighted by atomic mass is 10.1. The molecule has 0 radical (unpaired) electrons. The van der Waals surface area contributed by atoms with Crippen molar-refractivity contribution in [2.75, 3.05) is 26.8 Å². The van der Waals surface area contributed by atoms with E-state index in [9.17, 15) is 5.11 Å². The van der Waals surface area contributed by atoms with Crippen molar-refractivity contribution in [3.8, 4) is 0 Å². The van der Waals surface area contributed by atoms with Crippen LogP contribution in [0.5, 0.6) is 0 Å². The number of hydrogen-bond acceptors (Lipinski definition) is 4. The number of nitrogens with zero attached hydrogens (tertiary/aromatic N) is 1. The van der Waals surface area contributed by atoms with Gasteiger partial charge in [-0.15, -0.1) is 0 Å². The van der Waals surface area contributed by atoms with Crippen molar-refractivity contribution in [1.29, 1.82) is 0 Å². The molecule has 1 rings (SSSR count). The van der Waals surface area contributed by atoms with Crippen LogP contribution in [0.1, 0.15) is 13.3 Å². The number of aliphatic hydroxyl groups excluding tert-OH is 2. The summed E-state index contributed by atoms with van der Waals surface area (Å²) in [6.07, 6.45) is 0.601. The molecule has 0 aromatic heterocycles. The second kappa shape index (κ2) is 4.91. The Balaban J connectivity index is 2.33. The summed E-state index contributed by atoms with van der Waals surface area (Å²) in [6, 6.07) is 0.376. The molecule has 78 valence electrons.